The molecule has 0 spiro atoms. The standard InChI is InChI=1S/C23H19N3O2/c1-3-8-17(9-4-1)20-21(18-10-7-13-24-16-18)26-22(25-20)23(27-14-15-28-23)19-11-5-2-6-12-19/h1-13,16H,14-15H2,(H,25,26). The van der Waals surface area contributed by atoms with E-state index in [9.17, 15) is 0 Å². The topological polar surface area (TPSA) is 60.0 Å². The van der Waals surface area contributed by atoms with E-state index in [4.69, 9.17) is 14.5 Å². The van der Waals surface area contributed by atoms with Crippen LogP contribution in [0.2, 0.25) is 0 Å². The Morgan fingerprint density at radius 3 is 2.14 bits per heavy atom. The van der Waals surface area contributed by atoms with E-state index in [0.717, 1.165) is 28.1 Å². The molecule has 0 saturated carbocycles. The second-order valence-corrected chi connectivity index (χ2v) is 6.60. The molecule has 1 aliphatic rings. The van der Waals surface area contributed by atoms with Crippen LogP contribution in [0.25, 0.3) is 22.5 Å². The number of rotatable bonds is 4. The van der Waals surface area contributed by atoms with Gasteiger partial charge in [-0.25, -0.2) is 4.98 Å². The Kier molecular flexibility index (Phi) is 4.24. The number of H-pyrrole nitrogens is 1. The summed E-state index contributed by atoms with van der Waals surface area (Å²) in [4.78, 5) is 12.7. The monoisotopic (exact) mass is 369 g/mol. The summed E-state index contributed by atoms with van der Waals surface area (Å²) in [6.45, 7) is 1.02. The van der Waals surface area contributed by atoms with E-state index in [1.165, 1.54) is 0 Å². The first-order chi connectivity index (χ1) is 13.9. The van der Waals surface area contributed by atoms with Gasteiger partial charge in [-0.2, -0.15) is 0 Å². The van der Waals surface area contributed by atoms with Crippen LogP contribution in [0.15, 0.2) is 85.2 Å². The van der Waals surface area contributed by atoms with Crippen LogP contribution in [-0.2, 0) is 15.3 Å². The number of aromatic nitrogens is 3. The van der Waals surface area contributed by atoms with Crippen molar-refractivity contribution in [1.29, 1.82) is 0 Å². The smallest absolute Gasteiger partial charge is 0.256 e. The maximum Gasteiger partial charge on any atom is 0.256 e. The summed E-state index contributed by atoms with van der Waals surface area (Å²) in [5.41, 5.74) is 4.63. The summed E-state index contributed by atoms with van der Waals surface area (Å²) >= 11 is 0. The minimum atomic E-state index is -1.04. The lowest BCUT2D eigenvalue weighted by Crippen LogP contribution is -2.30. The number of imidazole rings is 1. The number of benzene rings is 2. The molecule has 138 valence electrons. The molecule has 2 aromatic heterocycles. The predicted octanol–water partition coefficient (Wildman–Crippen LogP) is 4.39. The van der Waals surface area contributed by atoms with Crippen molar-refractivity contribution in [3.05, 3.63) is 96.6 Å². The molecule has 5 rings (SSSR count). The Balaban J connectivity index is 1.72. The molecule has 0 amide bonds. The molecule has 0 radical (unpaired) electrons. The van der Waals surface area contributed by atoms with Gasteiger partial charge in [-0.05, 0) is 12.1 Å². The molecule has 0 atom stereocenters. The van der Waals surface area contributed by atoms with Gasteiger partial charge in [0.1, 0.15) is 0 Å². The molecule has 5 nitrogen and oxygen atoms in total. The van der Waals surface area contributed by atoms with Gasteiger partial charge in [0.15, 0.2) is 5.82 Å². The van der Waals surface area contributed by atoms with Gasteiger partial charge in [0, 0.05) is 29.1 Å². The van der Waals surface area contributed by atoms with Crippen molar-refractivity contribution in [2.45, 2.75) is 5.79 Å². The molecule has 0 aliphatic carbocycles. The van der Waals surface area contributed by atoms with Gasteiger partial charge in [-0.3, -0.25) is 4.98 Å². The van der Waals surface area contributed by atoms with Gasteiger partial charge in [0.25, 0.3) is 5.79 Å². The lowest BCUT2D eigenvalue weighted by atomic mass is 10.1. The Bertz CT molecular complexity index is 1000. The highest BCUT2D eigenvalue weighted by molar-refractivity contribution is 5.78. The van der Waals surface area contributed by atoms with Crippen LogP contribution in [0.5, 0.6) is 0 Å². The lowest BCUT2D eigenvalue weighted by molar-refractivity contribution is -0.135. The SMILES string of the molecule is c1ccc(-c2[nH]c(C3(c4ccccc4)OCCO3)nc2-c2cccnc2)cc1. The molecular formula is C23H19N3O2. The third-order valence-corrected chi connectivity index (χ3v) is 4.86. The Labute approximate surface area is 163 Å². The molecule has 2 aromatic carbocycles. The van der Waals surface area contributed by atoms with E-state index < -0.39 is 5.79 Å². The lowest BCUT2D eigenvalue weighted by Gasteiger charge is -2.25. The van der Waals surface area contributed by atoms with E-state index in [0.29, 0.717) is 19.0 Å². The fraction of sp³-hybridized carbons (Fsp3) is 0.130. The van der Waals surface area contributed by atoms with Crippen LogP contribution >= 0.6 is 0 Å². The number of hydrogen-bond acceptors (Lipinski definition) is 4. The van der Waals surface area contributed by atoms with Crippen LogP contribution in [-0.4, -0.2) is 28.2 Å². The van der Waals surface area contributed by atoms with Crippen molar-refractivity contribution in [2.75, 3.05) is 13.2 Å². The predicted molar refractivity (Wildman–Crippen MR) is 106 cm³/mol. The zero-order valence-electron chi connectivity index (χ0n) is 15.2. The molecule has 4 aromatic rings. The summed E-state index contributed by atoms with van der Waals surface area (Å²) in [5.74, 6) is -0.403. The van der Waals surface area contributed by atoms with Crippen LogP contribution in [0.4, 0.5) is 0 Å². The molecule has 1 N–H and O–H groups in total. The number of nitrogens with one attached hydrogen (secondary N) is 1. The third-order valence-electron chi connectivity index (χ3n) is 4.86. The van der Waals surface area contributed by atoms with E-state index in [-0.39, 0.29) is 0 Å². The zero-order valence-corrected chi connectivity index (χ0v) is 15.2. The first-order valence-electron chi connectivity index (χ1n) is 9.26. The van der Waals surface area contributed by atoms with Crippen molar-refractivity contribution in [1.82, 2.24) is 15.0 Å². The minimum absolute atomic E-state index is 0.512. The van der Waals surface area contributed by atoms with Gasteiger partial charge >= 0.3 is 0 Å². The zero-order chi connectivity index (χ0) is 18.8. The second-order valence-electron chi connectivity index (χ2n) is 6.60. The van der Waals surface area contributed by atoms with E-state index in [1.54, 1.807) is 6.20 Å². The van der Waals surface area contributed by atoms with Crippen LogP contribution < -0.4 is 0 Å². The van der Waals surface area contributed by atoms with Crippen LogP contribution in [0.3, 0.4) is 0 Å². The van der Waals surface area contributed by atoms with Crippen LogP contribution in [0, 0.1) is 0 Å². The van der Waals surface area contributed by atoms with Gasteiger partial charge in [0.05, 0.1) is 24.6 Å². The summed E-state index contributed by atoms with van der Waals surface area (Å²) in [6, 6.07) is 24.0. The van der Waals surface area contributed by atoms with Crippen molar-refractivity contribution in [2.24, 2.45) is 0 Å². The fourth-order valence-corrected chi connectivity index (χ4v) is 3.56. The molecule has 1 aliphatic heterocycles. The molecular weight excluding hydrogens is 350 g/mol. The summed E-state index contributed by atoms with van der Waals surface area (Å²) in [5, 5.41) is 0. The maximum absolute atomic E-state index is 6.12. The van der Waals surface area contributed by atoms with Gasteiger partial charge in [0.2, 0.25) is 0 Å². The first-order valence-corrected chi connectivity index (χ1v) is 9.26. The quantitative estimate of drug-likeness (QED) is 0.580. The van der Waals surface area contributed by atoms with Crippen molar-refractivity contribution in [3.63, 3.8) is 0 Å². The number of hydrogen-bond donors (Lipinski definition) is 1. The van der Waals surface area contributed by atoms with Gasteiger partial charge < -0.3 is 14.5 Å². The molecule has 1 saturated heterocycles. The van der Waals surface area contributed by atoms with Crippen molar-refractivity contribution >= 4 is 0 Å². The Morgan fingerprint density at radius 2 is 1.46 bits per heavy atom. The van der Waals surface area contributed by atoms with Crippen LogP contribution in [0.1, 0.15) is 11.4 Å². The van der Waals surface area contributed by atoms with E-state index in [2.05, 4.69) is 22.1 Å². The van der Waals surface area contributed by atoms with Gasteiger partial charge in [-0.15, -0.1) is 0 Å². The number of aromatic amines is 1. The average Bonchev–Trinajstić information content (AvgIpc) is 3.44. The summed E-state index contributed by atoms with van der Waals surface area (Å²) in [6.07, 6.45) is 3.58. The third kappa shape index (κ3) is 2.81. The van der Waals surface area contributed by atoms with E-state index >= 15 is 0 Å². The second kappa shape index (κ2) is 7.03. The normalized spacial score (nSPS) is 15.6. The molecule has 3 heterocycles. The summed E-state index contributed by atoms with van der Waals surface area (Å²) < 4.78 is 12.2. The molecule has 1 fully saturated rings. The highest BCUT2D eigenvalue weighted by Crippen LogP contribution is 2.40. The molecule has 0 bridgehead atoms. The number of ether oxygens (including phenoxy) is 2. The highest BCUT2D eigenvalue weighted by atomic mass is 16.7. The fourth-order valence-electron chi connectivity index (χ4n) is 3.56. The average molecular weight is 369 g/mol. The largest absolute Gasteiger partial charge is 0.337 e. The number of nitrogens with zero attached hydrogens (tertiary/aromatic N) is 2. The highest BCUT2D eigenvalue weighted by Gasteiger charge is 2.44. The summed E-state index contributed by atoms with van der Waals surface area (Å²) in [7, 11) is 0. The van der Waals surface area contributed by atoms with E-state index in [1.807, 2.05) is 66.9 Å². The Morgan fingerprint density at radius 1 is 0.786 bits per heavy atom. The maximum atomic E-state index is 6.12. The van der Waals surface area contributed by atoms with Crippen molar-refractivity contribution < 1.29 is 9.47 Å². The molecule has 5 heteroatoms. The van der Waals surface area contributed by atoms with Crippen molar-refractivity contribution in [3.8, 4) is 22.5 Å². The molecule has 28 heavy (non-hydrogen) atoms. The Hall–Kier alpha value is -3.28. The molecule has 0 unspecified atom stereocenters. The number of pyridine rings is 1. The minimum Gasteiger partial charge on any atom is -0.337 e. The van der Waals surface area contributed by atoms with Gasteiger partial charge in [-0.1, -0.05) is 60.7 Å². The first kappa shape index (κ1) is 16.9.